The lowest BCUT2D eigenvalue weighted by atomic mass is 9.97. The van der Waals surface area contributed by atoms with Crippen molar-refractivity contribution in [2.24, 2.45) is 0 Å². The number of rotatable bonds is 4. The third-order valence-corrected chi connectivity index (χ3v) is 3.38. The van der Waals surface area contributed by atoms with Crippen molar-refractivity contribution >= 4 is 6.47 Å². The molecule has 3 heteroatoms. The van der Waals surface area contributed by atoms with Gasteiger partial charge in [0, 0.05) is 12.5 Å². The average Bonchev–Trinajstić information content (AvgIpc) is 2.74. The van der Waals surface area contributed by atoms with Crippen molar-refractivity contribution in [3.05, 3.63) is 59.7 Å². The van der Waals surface area contributed by atoms with Crippen LogP contribution in [0, 0.1) is 0 Å². The fourth-order valence-corrected chi connectivity index (χ4v) is 2.65. The maximum absolute atomic E-state index is 10.2. The van der Waals surface area contributed by atoms with Gasteiger partial charge in [-0.15, -0.1) is 0 Å². The predicted molar refractivity (Wildman–Crippen MR) is 68.9 cm³/mol. The van der Waals surface area contributed by atoms with Gasteiger partial charge in [-0.3, -0.25) is 4.79 Å². The summed E-state index contributed by atoms with van der Waals surface area (Å²) in [6, 6.07) is 16.7. The van der Waals surface area contributed by atoms with E-state index in [2.05, 4.69) is 34.6 Å². The van der Waals surface area contributed by atoms with Crippen molar-refractivity contribution in [1.82, 2.24) is 5.48 Å². The van der Waals surface area contributed by atoms with Crippen molar-refractivity contribution in [2.45, 2.75) is 5.92 Å². The molecule has 3 nitrogen and oxygen atoms in total. The average molecular weight is 239 g/mol. The molecule has 0 atom stereocenters. The minimum Gasteiger partial charge on any atom is -0.374 e. The molecule has 1 aliphatic carbocycles. The first kappa shape index (κ1) is 11.0. The molecule has 90 valence electrons. The Morgan fingerprint density at radius 3 is 2.11 bits per heavy atom. The molecule has 3 rings (SSSR count). The van der Waals surface area contributed by atoms with E-state index in [1.54, 1.807) is 0 Å². The second kappa shape index (κ2) is 4.63. The number of hydrogen-bond acceptors (Lipinski definition) is 3. The molecule has 0 saturated carbocycles. The summed E-state index contributed by atoms with van der Waals surface area (Å²) < 4.78 is 0. The van der Waals surface area contributed by atoms with E-state index >= 15 is 0 Å². The minimum absolute atomic E-state index is 0.234. The molecule has 0 spiro atoms. The second-order valence-electron chi connectivity index (χ2n) is 4.29. The summed E-state index contributed by atoms with van der Waals surface area (Å²) in [6.45, 7) is 1.000. The fraction of sp³-hybridized carbons (Fsp3) is 0.133. The standard InChI is InChI=1S/C15H13NO2/c17-10-18-16-9-15-13-7-3-1-5-11(13)12-6-2-4-8-14(12)15/h1-8,10,15-16H,9H2. The fourth-order valence-electron chi connectivity index (χ4n) is 2.65. The van der Waals surface area contributed by atoms with Crippen LogP contribution in [0.5, 0.6) is 0 Å². The van der Waals surface area contributed by atoms with E-state index < -0.39 is 0 Å². The van der Waals surface area contributed by atoms with Gasteiger partial charge in [-0.2, -0.15) is 5.48 Å². The van der Waals surface area contributed by atoms with Gasteiger partial charge in [0.2, 0.25) is 0 Å². The number of hydroxylamine groups is 1. The number of benzene rings is 2. The summed E-state index contributed by atoms with van der Waals surface area (Å²) >= 11 is 0. The third kappa shape index (κ3) is 1.69. The smallest absolute Gasteiger partial charge is 0.312 e. The van der Waals surface area contributed by atoms with E-state index in [0.29, 0.717) is 13.0 Å². The van der Waals surface area contributed by atoms with Gasteiger partial charge >= 0.3 is 6.47 Å². The van der Waals surface area contributed by atoms with E-state index in [-0.39, 0.29) is 5.92 Å². The molecule has 0 saturated heterocycles. The van der Waals surface area contributed by atoms with Crippen LogP contribution < -0.4 is 5.48 Å². The van der Waals surface area contributed by atoms with Gasteiger partial charge in [0.25, 0.3) is 0 Å². The molecular formula is C15H13NO2. The molecule has 0 aliphatic heterocycles. The number of carbonyl (C=O) groups is 1. The topological polar surface area (TPSA) is 38.3 Å². The van der Waals surface area contributed by atoms with Gasteiger partial charge < -0.3 is 4.84 Å². The largest absolute Gasteiger partial charge is 0.374 e. The third-order valence-electron chi connectivity index (χ3n) is 3.38. The highest BCUT2D eigenvalue weighted by Gasteiger charge is 2.27. The minimum atomic E-state index is 0.234. The lowest BCUT2D eigenvalue weighted by Gasteiger charge is -2.12. The summed E-state index contributed by atoms with van der Waals surface area (Å²) in [7, 11) is 0. The molecular weight excluding hydrogens is 226 g/mol. The summed E-state index contributed by atoms with van der Waals surface area (Å²) in [4.78, 5) is 14.8. The van der Waals surface area contributed by atoms with Gasteiger partial charge in [-0.25, -0.2) is 0 Å². The Morgan fingerprint density at radius 2 is 1.56 bits per heavy atom. The molecule has 1 N–H and O–H groups in total. The van der Waals surface area contributed by atoms with Crippen molar-refractivity contribution in [3.8, 4) is 11.1 Å². The Bertz CT molecular complexity index is 535. The molecule has 2 aromatic carbocycles. The molecule has 0 aromatic heterocycles. The Morgan fingerprint density at radius 1 is 1.00 bits per heavy atom. The first-order valence-corrected chi connectivity index (χ1v) is 5.92. The van der Waals surface area contributed by atoms with Crippen molar-refractivity contribution < 1.29 is 9.63 Å². The lowest BCUT2D eigenvalue weighted by molar-refractivity contribution is -0.135. The quantitative estimate of drug-likeness (QED) is 0.506. The molecule has 0 heterocycles. The van der Waals surface area contributed by atoms with Gasteiger partial charge in [-0.1, -0.05) is 48.5 Å². The number of nitrogens with one attached hydrogen (secondary N) is 1. The van der Waals surface area contributed by atoms with Crippen LogP contribution in [0.15, 0.2) is 48.5 Å². The van der Waals surface area contributed by atoms with Crippen LogP contribution in [0.3, 0.4) is 0 Å². The van der Waals surface area contributed by atoms with Crippen LogP contribution in [0.1, 0.15) is 17.0 Å². The van der Waals surface area contributed by atoms with Crippen LogP contribution >= 0.6 is 0 Å². The van der Waals surface area contributed by atoms with Crippen molar-refractivity contribution in [1.29, 1.82) is 0 Å². The van der Waals surface area contributed by atoms with Crippen LogP contribution in [0.25, 0.3) is 11.1 Å². The number of fused-ring (bicyclic) bond motifs is 3. The van der Waals surface area contributed by atoms with E-state index in [9.17, 15) is 4.79 Å². The van der Waals surface area contributed by atoms with E-state index in [0.717, 1.165) is 0 Å². The lowest BCUT2D eigenvalue weighted by Crippen LogP contribution is -2.21. The van der Waals surface area contributed by atoms with E-state index in [4.69, 9.17) is 0 Å². The molecule has 18 heavy (non-hydrogen) atoms. The highest BCUT2D eigenvalue weighted by Crippen LogP contribution is 2.43. The van der Waals surface area contributed by atoms with Crippen molar-refractivity contribution in [2.75, 3.05) is 6.54 Å². The van der Waals surface area contributed by atoms with Gasteiger partial charge in [-0.05, 0) is 22.3 Å². The number of hydrogen-bond donors (Lipinski definition) is 1. The molecule has 0 amide bonds. The number of carbonyl (C=O) groups excluding carboxylic acids is 1. The van der Waals surface area contributed by atoms with Crippen LogP contribution in [-0.2, 0) is 9.63 Å². The SMILES string of the molecule is O=CONCC1c2ccccc2-c2ccccc21. The Labute approximate surface area is 105 Å². The monoisotopic (exact) mass is 239 g/mol. The zero-order valence-corrected chi connectivity index (χ0v) is 9.80. The van der Waals surface area contributed by atoms with Crippen molar-refractivity contribution in [3.63, 3.8) is 0 Å². The zero-order valence-electron chi connectivity index (χ0n) is 9.80. The first-order chi connectivity index (χ1) is 8.92. The molecule has 0 unspecified atom stereocenters. The molecule has 1 aliphatic rings. The van der Waals surface area contributed by atoms with Crippen LogP contribution in [0.4, 0.5) is 0 Å². The highest BCUT2D eigenvalue weighted by molar-refractivity contribution is 5.78. The van der Waals surface area contributed by atoms with E-state index in [1.165, 1.54) is 22.3 Å². The maximum atomic E-state index is 10.2. The van der Waals surface area contributed by atoms with Crippen LogP contribution in [0.2, 0.25) is 0 Å². The van der Waals surface area contributed by atoms with E-state index in [1.807, 2.05) is 24.3 Å². The highest BCUT2D eigenvalue weighted by atomic mass is 16.7. The second-order valence-corrected chi connectivity index (χ2v) is 4.29. The summed E-state index contributed by atoms with van der Waals surface area (Å²) in [5.74, 6) is 0.234. The van der Waals surface area contributed by atoms with Crippen LogP contribution in [-0.4, -0.2) is 13.0 Å². The molecule has 0 bridgehead atoms. The predicted octanol–water partition coefficient (Wildman–Crippen LogP) is 2.48. The summed E-state index contributed by atoms with van der Waals surface area (Å²) in [5.41, 5.74) is 7.79. The van der Waals surface area contributed by atoms with Gasteiger partial charge in [0.15, 0.2) is 0 Å². The Balaban J connectivity index is 2.01. The maximum Gasteiger partial charge on any atom is 0.312 e. The molecule has 0 radical (unpaired) electrons. The van der Waals surface area contributed by atoms with Gasteiger partial charge in [0.05, 0.1) is 0 Å². The Kier molecular flexibility index (Phi) is 2.82. The summed E-state index contributed by atoms with van der Waals surface area (Å²) in [5, 5.41) is 0. The van der Waals surface area contributed by atoms with Gasteiger partial charge in [0.1, 0.15) is 0 Å². The molecule has 0 fully saturated rings. The molecule has 2 aromatic rings. The first-order valence-electron chi connectivity index (χ1n) is 5.92. The zero-order chi connectivity index (χ0) is 12.4. The Hall–Kier alpha value is -2.13. The normalized spacial score (nSPS) is 12.9. The summed E-state index contributed by atoms with van der Waals surface area (Å²) in [6.07, 6.45) is 0.